The summed E-state index contributed by atoms with van der Waals surface area (Å²) in [5, 5.41) is 0.389. The first kappa shape index (κ1) is 12.6. The van der Waals surface area contributed by atoms with Gasteiger partial charge in [-0.2, -0.15) is 0 Å². The molecule has 2 unspecified atom stereocenters. The maximum atomic E-state index is 5.87. The zero-order valence-corrected chi connectivity index (χ0v) is 11.1. The van der Waals surface area contributed by atoms with Crippen LogP contribution in [-0.2, 0) is 0 Å². The van der Waals surface area contributed by atoms with Crippen molar-refractivity contribution in [2.45, 2.75) is 36.5 Å². The van der Waals surface area contributed by atoms with Crippen molar-refractivity contribution >= 4 is 11.8 Å². The van der Waals surface area contributed by atoms with Crippen molar-refractivity contribution in [3.63, 3.8) is 0 Å². The minimum atomic E-state index is 0.177. The summed E-state index contributed by atoms with van der Waals surface area (Å²) in [4.78, 5) is 1.18. The SMILES string of the molecule is CC(N)C(C)Sc1ccc2c(c1)OCCCO2. The summed E-state index contributed by atoms with van der Waals surface area (Å²) in [6, 6.07) is 6.27. The molecule has 0 spiro atoms. The van der Waals surface area contributed by atoms with E-state index in [1.54, 1.807) is 11.8 Å². The molecule has 0 aliphatic carbocycles. The Labute approximate surface area is 107 Å². The van der Waals surface area contributed by atoms with Gasteiger partial charge < -0.3 is 15.2 Å². The molecule has 2 atom stereocenters. The molecule has 0 bridgehead atoms. The molecule has 0 amide bonds. The second-order valence-corrected chi connectivity index (χ2v) is 5.79. The van der Waals surface area contributed by atoms with Crippen LogP contribution in [0.4, 0.5) is 0 Å². The quantitative estimate of drug-likeness (QED) is 0.841. The van der Waals surface area contributed by atoms with Crippen LogP contribution >= 0.6 is 11.8 Å². The average molecular weight is 253 g/mol. The molecule has 94 valence electrons. The Bertz CT molecular complexity index is 382. The number of fused-ring (bicyclic) bond motifs is 1. The van der Waals surface area contributed by atoms with E-state index in [2.05, 4.69) is 13.0 Å². The minimum absolute atomic E-state index is 0.177. The number of hydrogen-bond donors (Lipinski definition) is 1. The Balaban J connectivity index is 2.12. The molecular formula is C13H19NO2S. The van der Waals surface area contributed by atoms with E-state index in [1.807, 2.05) is 19.1 Å². The second kappa shape index (κ2) is 5.65. The van der Waals surface area contributed by atoms with Crippen LogP contribution in [0.5, 0.6) is 11.5 Å². The first-order valence-corrected chi connectivity index (χ1v) is 6.86. The Morgan fingerprint density at radius 1 is 1.18 bits per heavy atom. The molecule has 1 aromatic rings. The van der Waals surface area contributed by atoms with E-state index in [0.717, 1.165) is 31.1 Å². The lowest BCUT2D eigenvalue weighted by Crippen LogP contribution is -2.26. The van der Waals surface area contributed by atoms with Gasteiger partial charge in [-0.15, -0.1) is 11.8 Å². The fourth-order valence-corrected chi connectivity index (χ4v) is 2.50. The zero-order valence-electron chi connectivity index (χ0n) is 10.3. The van der Waals surface area contributed by atoms with Crippen LogP contribution in [0.15, 0.2) is 23.1 Å². The van der Waals surface area contributed by atoms with Gasteiger partial charge in [0.1, 0.15) is 0 Å². The van der Waals surface area contributed by atoms with E-state index in [0.29, 0.717) is 5.25 Å². The van der Waals surface area contributed by atoms with E-state index in [9.17, 15) is 0 Å². The predicted octanol–water partition coefficient (Wildman–Crippen LogP) is 2.68. The average Bonchev–Trinajstić information content (AvgIpc) is 2.53. The summed E-state index contributed by atoms with van der Waals surface area (Å²) in [7, 11) is 0. The Kier molecular flexibility index (Phi) is 4.18. The number of thioether (sulfide) groups is 1. The standard InChI is InChI=1S/C13H19NO2S/c1-9(14)10(2)17-11-4-5-12-13(8-11)16-7-3-6-15-12/h4-5,8-10H,3,6-7,14H2,1-2H3. The highest BCUT2D eigenvalue weighted by molar-refractivity contribution is 8.00. The van der Waals surface area contributed by atoms with Gasteiger partial charge in [-0.05, 0) is 25.1 Å². The fraction of sp³-hybridized carbons (Fsp3) is 0.538. The first-order valence-electron chi connectivity index (χ1n) is 5.98. The molecule has 2 rings (SSSR count). The van der Waals surface area contributed by atoms with Gasteiger partial charge in [0.05, 0.1) is 13.2 Å². The predicted molar refractivity (Wildman–Crippen MR) is 71.0 cm³/mol. The van der Waals surface area contributed by atoms with E-state index < -0.39 is 0 Å². The van der Waals surface area contributed by atoms with Gasteiger partial charge in [0.25, 0.3) is 0 Å². The summed E-state index contributed by atoms with van der Waals surface area (Å²) < 4.78 is 11.3. The maximum absolute atomic E-state index is 5.87. The molecule has 0 saturated carbocycles. The van der Waals surface area contributed by atoms with Crippen LogP contribution in [0.3, 0.4) is 0 Å². The summed E-state index contributed by atoms with van der Waals surface area (Å²) in [5.74, 6) is 1.70. The Morgan fingerprint density at radius 3 is 2.59 bits per heavy atom. The normalized spacial score (nSPS) is 18.3. The monoisotopic (exact) mass is 253 g/mol. The van der Waals surface area contributed by atoms with Crippen molar-refractivity contribution in [1.29, 1.82) is 0 Å². The van der Waals surface area contributed by atoms with Gasteiger partial charge in [0.15, 0.2) is 11.5 Å². The highest BCUT2D eigenvalue weighted by Gasteiger charge is 2.13. The Morgan fingerprint density at radius 2 is 1.88 bits per heavy atom. The van der Waals surface area contributed by atoms with Crippen molar-refractivity contribution in [3.8, 4) is 11.5 Å². The summed E-state index contributed by atoms with van der Waals surface area (Å²) in [6.07, 6.45) is 0.938. The molecule has 0 fully saturated rings. The zero-order chi connectivity index (χ0) is 12.3. The molecule has 4 heteroatoms. The number of rotatable bonds is 3. The lowest BCUT2D eigenvalue weighted by atomic mass is 10.3. The molecule has 17 heavy (non-hydrogen) atoms. The van der Waals surface area contributed by atoms with E-state index >= 15 is 0 Å². The van der Waals surface area contributed by atoms with Gasteiger partial charge in [0.2, 0.25) is 0 Å². The molecule has 0 saturated heterocycles. The fourth-order valence-electron chi connectivity index (χ4n) is 1.54. The lowest BCUT2D eigenvalue weighted by molar-refractivity contribution is 0.297. The summed E-state index contributed by atoms with van der Waals surface area (Å²) in [5.41, 5.74) is 5.87. The molecule has 1 aromatic carbocycles. The minimum Gasteiger partial charge on any atom is -0.490 e. The van der Waals surface area contributed by atoms with Crippen LogP contribution in [0, 0.1) is 0 Å². The van der Waals surface area contributed by atoms with Gasteiger partial charge in [-0.1, -0.05) is 6.92 Å². The second-order valence-electron chi connectivity index (χ2n) is 4.34. The smallest absolute Gasteiger partial charge is 0.162 e. The van der Waals surface area contributed by atoms with Crippen molar-refractivity contribution < 1.29 is 9.47 Å². The van der Waals surface area contributed by atoms with Crippen molar-refractivity contribution in [2.24, 2.45) is 5.73 Å². The van der Waals surface area contributed by atoms with Crippen LogP contribution in [0.25, 0.3) is 0 Å². The summed E-state index contributed by atoms with van der Waals surface area (Å²) in [6.45, 7) is 5.62. The van der Waals surface area contributed by atoms with E-state index in [-0.39, 0.29) is 6.04 Å². The molecule has 1 heterocycles. The van der Waals surface area contributed by atoms with Crippen LogP contribution in [0.2, 0.25) is 0 Å². The number of ether oxygens (including phenoxy) is 2. The number of nitrogens with two attached hydrogens (primary N) is 1. The molecule has 3 nitrogen and oxygen atoms in total. The van der Waals surface area contributed by atoms with Gasteiger partial charge in [-0.25, -0.2) is 0 Å². The maximum Gasteiger partial charge on any atom is 0.162 e. The van der Waals surface area contributed by atoms with Crippen molar-refractivity contribution in [3.05, 3.63) is 18.2 Å². The largest absolute Gasteiger partial charge is 0.490 e. The highest BCUT2D eigenvalue weighted by Crippen LogP contribution is 2.35. The van der Waals surface area contributed by atoms with Crippen molar-refractivity contribution in [1.82, 2.24) is 0 Å². The van der Waals surface area contributed by atoms with Crippen molar-refractivity contribution in [2.75, 3.05) is 13.2 Å². The van der Waals surface area contributed by atoms with Gasteiger partial charge >= 0.3 is 0 Å². The molecule has 1 aliphatic rings. The molecule has 2 N–H and O–H groups in total. The Hall–Kier alpha value is -0.870. The van der Waals surface area contributed by atoms with Gasteiger partial charge in [0, 0.05) is 22.6 Å². The van der Waals surface area contributed by atoms with Gasteiger partial charge in [-0.3, -0.25) is 0 Å². The lowest BCUT2D eigenvalue weighted by Gasteiger charge is -2.16. The van der Waals surface area contributed by atoms with Crippen LogP contribution in [0.1, 0.15) is 20.3 Å². The third-order valence-corrected chi connectivity index (χ3v) is 4.11. The molecular weight excluding hydrogens is 234 g/mol. The third-order valence-electron chi connectivity index (χ3n) is 2.78. The highest BCUT2D eigenvalue weighted by atomic mass is 32.2. The van der Waals surface area contributed by atoms with Crippen LogP contribution in [-0.4, -0.2) is 24.5 Å². The van der Waals surface area contributed by atoms with E-state index in [4.69, 9.17) is 15.2 Å². The third kappa shape index (κ3) is 3.30. The number of hydrogen-bond acceptors (Lipinski definition) is 4. The van der Waals surface area contributed by atoms with E-state index in [1.165, 1.54) is 4.90 Å². The van der Waals surface area contributed by atoms with Crippen LogP contribution < -0.4 is 15.2 Å². The first-order chi connectivity index (χ1) is 8.16. The molecule has 0 aromatic heterocycles. The number of benzene rings is 1. The topological polar surface area (TPSA) is 44.5 Å². The summed E-state index contributed by atoms with van der Waals surface area (Å²) >= 11 is 1.77. The molecule has 0 radical (unpaired) electrons. The molecule has 1 aliphatic heterocycles.